The van der Waals surface area contributed by atoms with Crippen molar-refractivity contribution in [1.29, 1.82) is 0 Å². The molecule has 1 atom stereocenters. The zero-order valence-corrected chi connectivity index (χ0v) is 13.5. The number of benzene rings is 1. The number of ether oxygens (including phenoxy) is 3. The Morgan fingerprint density at radius 2 is 1.95 bits per heavy atom. The van der Waals surface area contributed by atoms with Crippen molar-refractivity contribution in [2.24, 2.45) is 0 Å². The molecule has 22 heavy (non-hydrogen) atoms. The molecule has 2 heterocycles. The van der Waals surface area contributed by atoms with Crippen LogP contribution in [0.3, 0.4) is 0 Å². The van der Waals surface area contributed by atoms with Crippen LogP contribution in [-0.4, -0.2) is 51.7 Å². The Morgan fingerprint density at radius 1 is 1.18 bits per heavy atom. The third-order valence-electron chi connectivity index (χ3n) is 3.91. The van der Waals surface area contributed by atoms with Crippen molar-refractivity contribution in [3.8, 4) is 11.5 Å². The smallest absolute Gasteiger partial charge is 0.243 e. The molecule has 122 valence electrons. The molecule has 0 spiro atoms. The second-order valence-corrected chi connectivity index (χ2v) is 7.36. The lowest BCUT2D eigenvalue weighted by Crippen LogP contribution is -2.45. The highest BCUT2D eigenvalue weighted by Crippen LogP contribution is 2.33. The van der Waals surface area contributed by atoms with Gasteiger partial charge in [-0.3, -0.25) is 0 Å². The van der Waals surface area contributed by atoms with Crippen LogP contribution in [0.5, 0.6) is 11.5 Å². The van der Waals surface area contributed by atoms with Gasteiger partial charge in [-0.25, -0.2) is 8.42 Å². The summed E-state index contributed by atoms with van der Waals surface area (Å²) in [4.78, 5) is 0.244. The highest BCUT2D eigenvalue weighted by atomic mass is 32.2. The average molecular weight is 327 g/mol. The van der Waals surface area contributed by atoms with Crippen LogP contribution in [0.1, 0.15) is 19.8 Å². The summed E-state index contributed by atoms with van der Waals surface area (Å²) in [7, 11) is -3.53. The lowest BCUT2D eigenvalue weighted by atomic mass is 10.2. The predicted octanol–water partition coefficient (Wildman–Crippen LogP) is 1.65. The van der Waals surface area contributed by atoms with E-state index in [9.17, 15) is 8.42 Å². The van der Waals surface area contributed by atoms with Crippen molar-refractivity contribution < 1.29 is 22.6 Å². The molecule has 0 aliphatic carbocycles. The molecule has 0 radical (unpaired) electrons. The van der Waals surface area contributed by atoms with E-state index in [-0.39, 0.29) is 11.0 Å². The quantitative estimate of drug-likeness (QED) is 0.844. The molecular formula is C15H21NO5S. The van der Waals surface area contributed by atoms with E-state index in [1.54, 1.807) is 18.2 Å². The molecule has 3 rings (SSSR count). The molecule has 0 bridgehead atoms. The van der Waals surface area contributed by atoms with Gasteiger partial charge in [-0.05, 0) is 18.6 Å². The maximum absolute atomic E-state index is 12.8. The van der Waals surface area contributed by atoms with Crippen molar-refractivity contribution in [2.45, 2.75) is 30.8 Å². The molecule has 0 saturated carbocycles. The van der Waals surface area contributed by atoms with Gasteiger partial charge in [0.25, 0.3) is 0 Å². The first kappa shape index (κ1) is 15.6. The van der Waals surface area contributed by atoms with E-state index in [0.29, 0.717) is 44.4 Å². The van der Waals surface area contributed by atoms with Crippen LogP contribution in [-0.2, 0) is 14.8 Å². The SMILES string of the molecule is CC[C@@H]1CN(S(=O)(=O)c2ccc3c(c2)OCCCO3)CCO1. The van der Waals surface area contributed by atoms with Crippen molar-refractivity contribution in [2.75, 3.05) is 32.9 Å². The van der Waals surface area contributed by atoms with Crippen LogP contribution >= 0.6 is 0 Å². The third-order valence-corrected chi connectivity index (χ3v) is 5.77. The van der Waals surface area contributed by atoms with Gasteiger partial charge in [-0.1, -0.05) is 6.92 Å². The van der Waals surface area contributed by atoms with E-state index in [0.717, 1.165) is 12.8 Å². The Morgan fingerprint density at radius 3 is 2.73 bits per heavy atom. The Balaban J connectivity index is 1.87. The third kappa shape index (κ3) is 3.06. The second-order valence-electron chi connectivity index (χ2n) is 5.42. The fraction of sp³-hybridized carbons (Fsp3) is 0.600. The van der Waals surface area contributed by atoms with E-state index in [2.05, 4.69) is 0 Å². The van der Waals surface area contributed by atoms with Gasteiger partial charge in [0.1, 0.15) is 0 Å². The second kappa shape index (κ2) is 6.44. The summed E-state index contributed by atoms with van der Waals surface area (Å²) < 4.78 is 43.7. The Bertz CT molecular complexity index is 631. The topological polar surface area (TPSA) is 65.1 Å². The molecule has 0 amide bonds. The zero-order chi connectivity index (χ0) is 15.6. The molecule has 0 N–H and O–H groups in total. The summed E-state index contributed by atoms with van der Waals surface area (Å²) in [6.45, 7) is 4.32. The van der Waals surface area contributed by atoms with Crippen LogP contribution in [0.4, 0.5) is 0 Å². The van der Waals surface area contributed by atoms with Crippen molar-refractivity contribution in [3.63, 3.8) is 0 Å². The Labute approximate surface area is 131 Å². The van der Waals surface area contributed by atoms with Gasteiger partial charge in [-0.2, -0.15) is 4.31 Å². The predicted molar refractivity (Wildman–Crippen MR) is 80.8 cm³/mol. The number of nitrogens with zero attached hydrogens (tertiary/aromatic N) is 1. The Hall–Kier alpha value is -1.31. The van der Waals surface area contributed by atoms with Crippen molar-refractivity contribution in [1.82, 2.24) is 4.31 Å². The molecule has 1 aromatic carbocycles. The minimum Gasteiger partial charge on any atom is -0.490 e. The normalized spacial score (nSPS) is 23.0. The molecular weight excluding hydrogens is 306 g/mol. The highest BCUT2D eigenvalue weighted by Gasteiger charge is 2.31. The van der Waals surface area contributed by atoms with Crippen molar-refractivity contribution in [3.05, 3.63) is 18.2 Å². The van der Waals surface area contributed by atoms with Gasteiger partial charge in [0.15, 0.2) is 11.5 Å². The monoisotopic (exact) mass is 327 g/mol. The summed E-state index contributed by atoms with van der Waals surface area (Å²) in [5.41, 5.74) is 0. The maximum atomic E-state index is 12.8. The number of rotatable bonds is 3. The molecule has 1 saturated heterocycles. The Kier molecular flexibility index (Phi) is 4.56. The van der Waals surface area contributed by atoms with Crippen LogP contribution in [0.2, 0.25) is 0 Å². The maximum Gasteiger partial charge on any atom is 0.243 e. The van der Waals surface area contributed by atoms with Gasteiger partial charge in [0.05, 0.1) is 30.8 Å². The molecule has 2 aliphatic heterocycles. The van der Waals surface area contributed by atoms with Gasteiger partial charge in [-0.15, -0.1) is 0 Å². The van der Waals surface area contributed by atoms with Gasteiger partial charge < -0.3 is 14.2 Å². The average Bonchev–Trinajstić information content (AvgIpc) is 2.79. The highest BCUT2D eigenvalue weighted by molar-refractivity contribution is 7.89. The van der Waals surface area contributed by atoms with Gasteiger partial charge >= 0.3 is 0 Å². The summed E-state index contributed by atoms with van der Waals surface area (Å²) in [5, 5.41) is 0. The first-order valence-electron chi connectivity index (χ1n) is 7.62. The first-order valence-corrected chi connectivity index (χ1v) is 9.06. The van der Waals surface area contributed by atoms with E-state index in [4.69, 9.17) is 14.2 Å². The molecule has 7 heteroatoms. The van der Waals surface area contributed by atoms with Crippen LogP contribution < -0.4 is 9.47 Å². The van der Waals surface area contributed by atoms with Crippen molar-refractivity contribution >= 4 is 10.0 Å². The lowest BCUT2D eigenvalue weighted by molar-refractivity contribution is -0.00278. The standard InChI is InChI=1S/C15H21NO5S/c1-2-12-11-16(6-9-19-12)22(17,18)13-4-5-14-15(10-13)21-8-3-7-20-14/h4-5,10,12H,2-3,6-9,11H2,1H3/t12-/m1/s1. The van der Waals surface area contributed by atoms with E-state index in [1.165, 1.54) is 4.31 Å². The molecule has 0 aromatic heterocycles. The lowest BCUT2D eigenvalue weighted by Gasteiger charge is -2.31. The summed E-state index contributed by atoms with van der Waals surface area (Å²) >= 11 is 0. The zero-order valence-electron chi connectivity index (χ0n) is 12.7. The van der Waals surface area contributed by atoms with Gasteiger partial charge in [0.2, 0.25) is 10.0 Å². The van der Waals surface area contributed by atoms with E-state index < -0.39 is 10.0 Å². The van der Waals surface area contributed by atoms with Gasteiger partial charge in [0, 0.05) is 25.6 Å². The number of hydrogen-bond acceptors (Lipinski definition) is 5. The summed E-state index contributed by atoms with van der Waals surface area (Å²) in [5.74, 6) is 1.10. The number of sulfonamides is 1. The molecule has 2 aliphatic rings. The van der Waals surface area contributed by atoms with E-state index >= 15 is 0 Å². The molecule has 1 fully saturated rings. The first-order chi connectivity index (χ1) is 10.6. The minimum absolute atomic E-state index is 0.0380. The number of morpholine rings is 1. The molecule has 6 nitrogen and oxygen atoms in total. The number of fused-ring (bicyclic) bond motifs is 1. The minimum atomic E-state index is -3.53. The summed E-state index contributed by atoms with van der Waals surface area (Å²) in [6.07, 6.45) is 1.55. The van der Waals surface area contributed by atoms with E-state index in [1.807, 2.05) is 6.92 Å². The fourth-order valence-corrected chi connectivity index (χ4v) is 4.08. The van der Waals surface area contributed by atoms with Crippen LogP contribution in [0, 0.1) is 0 Å². The number of hydrogen-bond donors (Lipinski definition) is 0. The largest absolute Gasteiger partial charge is 0.490 e. The molecule has 1 aromatic rings. The van der Waals surface area contributed by atoms with Crippen LogP contribution in [0.15, 0.2) is 23.1 Å². The fourth-order valence-electron chi connectivity index (χ4n) is 2.61. The van der Waals surface area contributed by atoms with Crippen LogP contribution in [0.25, 0.3) is 0 Å². The molecule has 0 unspecified atom stereocenters. The summed E-state index contributed by atoms with van der Waals surface area (Å²) in [6, 6.07) is 4.82.